The number of anilines is 2. The van der Waals surface area contributed by atoms with E-state index in [2.05, 4.69) is 10.1 Å². The first-order valence-corrected chi connectivity index (χ1v) is 6.78. The first-order valence-electron chi connectivity index (χ1n) is 6.78. The fraction of sp³-hybridized carbons (Fsp3) is 0.385. The highest BCUT2D eigenvalue weighted by atomic mass is 16.6. The second-order valence-corrected chi connectivity index (χ2v) is 4.98. The summed E-state index contributed by atoms with van der Waals surface area (Å²) in [7, 11) is 0. The SMILES string of the molecule is Nc1ccc([N+](=O)[O-])cc1-c1nc(N2CCCCC2)no1. The zero-order valence-electron chi connectivity index (χ0n) is 11.4. The molecular weight excluding hydrogens is 274 g/mol. The van der Waals surface area contributed by atoms with Gasteiger partial charge in [0.2, 0.25) is 0 Å². The molecule has 0 spiro atoms. The molecule has 0 bridgehead atoms. The molecule has 2 N–H and O–H groups in total. The van der Waals surface area contributed by atoms with Crippen LogP contribution in [0.15, 0.2) is 22.7 Å². The average molecular weight is 289 g/mol. The largest absolute Gasteiger partial charge is 0.398 e. The molecule has 0 saturated carbocycles. The molecule has 0 unspecified atom stereocenters. The number of rotatable bonds is 3. The normalized spacial score (nSPS) is 15.1. The van der Waals surface area contributed by atoms with Crippen LogP contribution in [-0.4, -0.2) is 28.2 Å². The van der Waals surface area contributed by atoms with Crippen LogP contribution in [0.4, 0.5) is 17.3 Å². The van der Waals surface area contributed by atoms with Crippen LogP contribution in [0.3, 0.4) is 0 Å². The minimum atomic E-state index is -0.481. The fourth-order valence-electron chi connectivity index (χ4n) is 2.39. The molecule has 3 rings (SSSR count). The van der Waals surface area contributed by atoms with E-state index in [9.17, 15) is 10.1 Å². The lowest BCUT2D eigenvalue weighted by molar-refractivity contribution is -0.384. The minimum Gasteiger partial charge on any atom is -0.398 e. The highest BCUT2D eigenvalue weighted by Gasteiger charge is 2.20. The van der Waals surface area contributed by atoms with Gasteiger partial charge in [0, 0.05) is 30.9 Å². The smallest absolute Gasteiger partial charge is 0.270 e. The van der Waals surface area contributed by atoms with Gasteiger partial charge in [0.05, 0.1) is 10.5 Å². The topological polar surface area (TPSA) is 111 Å². The Morgan fingerprint density at radius 3 is 2.76 bits per heavy atom. The van der Waals surface area contributed by atoms with Gasteiger partial charge in [-0.15, -0.1) is 0 Å². The third-order valence-corrected chi connectivity index (χ3v) is 3.53. The Morgan fingerprint density at radius 1 is 1.29 bits per heavy atom. The molecule has 0 radical (unpaired) electrons. The Kier molecular flexibility index (Phi) is 3.43. The molecule has 1 saturated heterocycles. The highest BCUT2D eigenvalue weighted by Crippen LogP contribution is 2.30. The van der Waals surface area contributed by atoms with Crippen LogP contribution in [0.5, 0.6) is 0 Å². The summed E-state index contributed by atoms with van der Waals surface area (Å²) in [5, 5.41) is 14.8. The number of nitrogens with zero attached hydrogens (tertiary/aromatic N) is 4. The monoisotopic (exact) mass is 289 g/mol. The van der Waals surface area contributed by atoms with Crippen LogP contribution in [0.1, 0.15) is 19.3 Å². The van der Waals surface area contributed by atoms with E-state index in [0.717, 1.165) is 25.9 Å². The molecular formula is C13H15N5O3. The molecule has 1 aliphatic heterocycles. The molecule has 8 heteroatoms. The van der Waals surface area contributed by atoms with Gasteiger partial charge in [0.25, 0.3) is 17.5 Å². The van der Waals surface area contributed by atoms with Crippen LogP contribution in [0.2, 0.25) is 0 Å². The van der Waals surface area contributed by atoms with Gasteiger partial charge in [-0.3, -0.25) is 10.1 Å². The Labute approximate surface area is 120 Å². The van der Waals surface area contributed by atoms with Crippen molar-refractivity contribution >= 4 is 17.3 Å². The molecule has 1 fully saturated rings. The molecule has 8 nitrogen and oxygen atoms in total. The molecule has 0 amide bonds. The van der Waals surface area contributed by atoms with Crippen molar-refractivity contribution in [3.05, 3.63) is 28.3 Å². The molecule has 0 aliphatic carbocycles. The third kappa shape index (κ3) is 2.64. The van der Waals surface area contributed by atoms with Crippen molar-refractivity contribution in [3.8, 4) is 11.5 Å². The highest BCUT2D eigenvalue weighted by molar-refractivity contribution is 5.73. The van der Waals surface area contributed by atoms with E-state index < -0.39 is 4.92 Å². The summed E-state index contributed by atoms with van der Waals surface area (Å²) < 4.78 is 5.21. The lowest BCUT2D eigenvalue weighted by atomic mass is 10.1. The van der Waals surface area contributed by atoms with Crippen molar-refractivity contribution in [2.75, 3.05) is 23.7 Å². The van der Waals surface area contributed by atoms with E-state index in [-0.39, 0.29) is 11.6 Å². The first-order chi connectivity index (χ1) is 10.1. The van der Waals surface area contributed by atoms with E-state index in [4.69, 9.17) is 10.3 Å². The number of piperidine rings is 1. The Balaban J connectivity index is 1.92. The van der Waals surface area contributed by atoms with E-state index in [0.29, 0.717) is 17.2 Å². The second-order valence-electron chi connectivity index (χ2n) is 4.98. The Hall–Kier alpha value is -2.64. The average Bonchev–Trinajstić information content (AvgIpc) is 2.98. The lowest BCUT2D eigenvalue weighted by Gasteiger charge is -2.24. The number of nitrogen functional groups attached to an aromatic ring is 1. The summed E-state index contributed by atoms with van der Waals surface area (Å²) in [6.07, 6.45) is 3.41. The number of nitrogens with two attached hydrogens (primary N) is 1. The predicted molar refractivity (Wildman–Crippen MR) is 76.9 cm³/mol. The molecule has 0 atom stereocenters. The van der Waals surface area contributed by atoms with Crippen molar-refractivity contribution in [3.63, 3.8) is 0 Å². The van der Waals surface area contributed by atoms with Gasteiger partial charge in [0.15, 0.2) is 0 Å². The molecule has 1 aromatic carbocycles. The molecule has 110 valence electrons. The van der Waals surface area contributed by atoms with Crippen molar-refractivity contribution in [1.82, 2.24) is 10.1 Å². The molecule has 2 heterocycles. The molecule has 1 aromatic heterocycles. The van der Waals surface area contributed by atoms with E-state index in [1.165, 1.54) is 24.6 Å². The summed E-state index contributed by atoms with van der Waals surface area (Å²) in [5.41, 5.74) is 6.55. The first kappa shape index (κ1) is 13.3. The second kappa shape index (κ2) is 5.39. The quantitative estimate of drug-likeness (QED) is 0.523. The predicted octanol–water partition coefficient (Wildman–Crippen LogP) is 2.22. The van der Waals surface area contributed by atoms with Crippen LogP contribution in [0.25, 0.3) is 11.5 Å². The number of non-ortho nitro benzene ring substituents is 1. The number of benzene rings is 1. The lowest BCUT2D eigenvalue weighted by Crippen LogP contribution is -2.30. The van der Waals surface area contributed by atoms with Crippen molar-refractivity contribution in [2.24, 2.45) is 0 Å². The summed E-state index contributed by atoms with van der Waals surface area (Å²) in [6.45, 7) is 1.78. The summed E-state index contributed by atoms with van der Waals surface area (Å²) in [5.74, 6) is 0.715. The number of nitro groups is 1. The molecule has 21 heavy (non-hydrogen) atoms. The Morgan fingerprint density at radius 2 is 2.05 bits per heavy atom. The summed E-state index contributed by atoms with van der Waals surface area (Å²) in [6, 6.07) is 4.17. The van der Waals surface area contributed by atoms with Gasteiger partial charge in [0.1, 0.15) is 0 Å². The van der Waals surface area contributed by atoms with Gasteiger partial charge in [-0.2, -0.15) is 4.98 Å². The summed E-state index contributed by atoms with van der Waals surface area (Å²) >= 11 is 0. The van der Waals surface area contributed by atoms with E-state index in [1.807, 2.05) is 4.90 Å². The number of hydrogen-bond donors (Lipinski definition) is 1. The van der Waals surface area contributed by atoms with Crippen molar-refractivity contribution in [2.45, 2.75) is 19.3 Å². The van der Waals surface area contributed by atoms with Crippen LogP contribution < -0.4 is 10.6 Å². The van der Waals surface area contributed by atoms with Crippen LogP contribution >= 0.6 is 0 Å². The minimum absolute atomic E-state index is 0.0584. The number of aromatic nitrogens is 2. The van der Waals surface area contributed by atoms with Crippen LogP contribution in [-0.2, 0) is 0 Å². The van der Waals surface area contributed by atoms with Gasteiger partial charge in [-0.25, -0.2) is 0 Å². The Bertz CT molecular complexity index is 664. The molecule has 2 aromatic rings. The van der Waals surface area contributed by atoms with Gasteiger partial charge < -0.3 is 15.2 Å². The van der Waals surface area contributed by atoms with E-state index in [1.54, 1.807) is 0 Å². The maximum absolute atomic E-state index is 10.8. The van der Waals surface area contributed by atoms with Crippen molar-refractivity contribution < 1.29 is 9.45 Å². The standard InChI is InChI=1S/C13H15N5O3/c14-11-5-4-9(18(19)20)8-10(11)12-15-13(16-21-12)17-6-2-1-3-7-17/h4-5,8H,1-3,6-7,14H2. The zero-order chi connectivity index (χ0) is 14.8. The number of hydrogen-bond acceptors (Lipinski definition) is 7. The van der Waals surface area contributed by atoms with Gasteiger partial charge >= 0.3 is 0 Å². The van der Waals surface area contributed by atoms with Gasteiger partial charge in [-0.05, 0) is 30.5 Å². The molecule has 1 aliphatic rings. The maximum Gasteiger partial charge on any atom is 0.270 e. The fourth-order valence-corrected chi connectivity index (χ4v) is 2.39. The van der Waals surface area contributed by atoms with E-state index >= 15 is 0 Å². The third-order valence-electron chi connectivity index (χ3n) is 3.53. The van der Waals surface area contributed by atoms with Gasteiger partial charge in [-0.1, -0.05) is 0 Å². The zero-order valence-corrected chi connectivity index (χ0v) is 11.4. The van der Waals surface area contributed by atoms with Crippen molar-refractivity contribution in [1.29, 1.82) is 0 Å². The number of nitro benzene ring substituents is 1. The maximum atomic E-state index is 10.8. The van der Waals surface area contributed by atoms with Crippen LogP contribution in [0, 0.1) is 10.1 Å². The summed E-state index contributed by atoms with van der Waals surface area (Å²) in [4.78, 5) is 16.7.